The highest BCUT2D eigenvalue weighted by atomic mass is 79.9. The molecule has 1 atom stereocenters. The Kier molecular flexibility index (Phi) is 7.63. The number of fused-ring (bicyclic) bond motifs is 1. The molecule has 0 unspecified atom stereocenters. The number of furan rings is 1. The van der Waals surface area contributed by atoms with Crippen molar-refractivity contribution in [1.29, 1.82) is 0 Å². The molecule has 0 aliphatic carbocycles. The second kappa shape index (κ2) is 11.1. The van der Waals surface area contributed by atoms with E-state index in [1.54, 1.807) is 57.6 Å². The van der Waals surface area contributed by atoms with Crippen molar-refractivity contribution >= 4 is 51.1 Å². The molecule has 3 aromatic heterocycles. The fraction of sp³-hybridized carbons (Fsp3) is 0.192. The Morgan fingerprint density at radius 1 is 1.26 bits per heavy atom. The molecular formula is C26H21BrN4O5S2. The molecule has 0 saturated heterocycles. The lowest BCUT2D eigenvalue weighted by molar-refractivity contribution is -0.139. The normalized spacial score (nSPS) is 15.3. The van der Waals surface area contributed by atoms with Gasteiger partial charge in [0.05, 0.1) is 34.0 Å². The number of allylic oxidation sites excluding steroid dienone is 1. The van der Waals surface area contributed by atoms with Crippen LogP contribution >= 0.6 is 39.0 Å². The Morgan fingerprint density at radius 3 is 2.76 bits per heavy atom. The SMILES string of the molecule is CCOC(=O)C1=C(C)N=c2s/c(=C/c3cc(Br)c(Sc4ncccn4)o3)c(=O)n2[C@@H]1c1ccccc1OC. The first-order valence-electron chi connectivity index (χ1n) is 11.5. The summed E-state index contributed by atoms with van der Waals surface area (Å²) in [6, 6.07) is 10.0. The number of ether oxygens (including phenoxy) is 2. The van der Waals surface area contributed by atoms with E-state index in [0.29, 0.717) is 46.8 Å². The maximum absolute atomic E-state index is 13.8. The van der Waals surface area contributed by atoms with E-state index in [1.807, 2.05) is 18.2 Å². The number of nitrogens with zero attached hydrogens (tertiary/aromatic N) is 4. The smallest absolute Gasteiger partial charge is 0.338 e. The number of thiazole rings is 1. The quantitative estimate of drug-likeness (QED) is 0.227. The number of halogens is 1. The molecule has 0 N–H and O–H groups in total. The zero-order valence-electron chi connectivity index (χ0n) is 20.5. The van der Waals surface area contributed by atoms with Crippen LogP contribution < -0.4 is 19.6 Å². The summed E-state index contributed by atoms with van der Waals surface area (Å²) in [5.41, 5.74) is 1.11. The van der Waals surface area contributed by atoms with Gasteiger partial charge in [-0.1, -0.05) is 29.5 Å². The second-order valence-corrected chi connectivity index (χ2v) is 10.8. The van der Waals surface area contributed by atoms with E-state index in [9.17, 15) is 9.59 Å². The predicted octanol–water partition coefficient (Wildman–Crippen LogP) is 4.10. The van der Waals surface area contributed by atoms with Crippen molar-refractivity contribution in [3.63, 3.8) is 0 Å². The van der Waals surface area contributed by atoms with E-state index in [-0.39, 0.29) is 17.7 Å². The molecule has 12 heteroatoms. The molecule has 4 aromatic rings. The summed E-state index contributed by atoms with van der Waals surface area (Å²) in [6.07, 6.45) is 4.96. The molecule has 194 valence electrons. The van der Waals surface area contributed by atoms with E-state index < -0.39 is 12.0 Å². The number of aromatic nitrogens is 3. The van der Waals surface area contributed by atoms with Gasteiger partial charge in [-0.05, 0) is 59.7 Å². The van der Waals surface area contributed by atoms with E-state index in [4.69, 9.17) is 13.9 Å². The topological polar surface area (TPSA) is 109 Å². The van der Waals surface area contributed by atoms with Crippen LogP contribution in [-0.2, 0) is 9.53 Å². The van der Waals surface area contributed by atoms with Crippen LogP contribution in [-0.4, -0.2) is 34.2 Å². The van der Waals surface area contributed by atoms with Crippen LogP contribution in [0, 0.1) is 0 Å². The molecule has 0 radical (unpaired) electrons. The second-order valence-electron chi connectivity index (χ2n) is 7.96. The standard InChI is InChI=1S/C26H21BrN4O5S2/c1-4-35-23(33)20-14(2)30-26-31(21(20)16-8-5-6-9-18(16)34-3)22(32)19(37-26)13-15-12-17(27)24(36-15)38-25-28-10-7-11-29-25/h5-13,21H,4H2,1-3H3/b19-13+/t21-/m1/s1. The monoisotopic (exact) mass is 612 g/mol. The molecule has 1 aliphatic rings. The molecule has 0 bridgehead atoms. The molecule has 1 aromatic carbocycles. The van der Waals surface area contributed by atoms with E-state index >= 15 is 0 Å². The van der Waals surface area contributed by atoms with E-state index in [1.165, 1.54) is 27.7 Å². The van der Waals surface area contributed by atoms with Gasteiger partial charge in [0.15, 0.2) is 15.1 Å². The van der Waals surface area contributed by atoms with Gasteiger partial charge in [-0.3, -0.25) is 9.36 Å². The number of carbonyl (C=O) groups is 1. The number of para-hydroxylation sites is 1. The first-order chi connectivity index (χ1) is 18.4. The van der Waals surface area contributed by atoms with Gasteiger partial charge >= 0.3 is 5.97 Å². The van der Waals surface area contributed by atoms with E-state index in [0.717, 1.165) is 0 Å². The highest BCUT2D eigenvalue weighted by molar-refractivity contribution is 9.10. The molecule has 9 nitrogen and oxygen atoms in total. The number of carbonyl (C=O) groups excluding carboxylic acids is 1. The molecule has 0 spiro atoms. The van der Waals surface area contributed by atoms with Crippen molar-refractivity contribution in [2.45, 2.75) is 30.1 Å². The van der Waals surface area contributed by atoms with Gasteiger partial charge in [-0.2, -0.15) is 0 Å². The van der Waals surface area contributed by atoms with Crippen molar-refractivity contribution in [1.82, 2.24) is 14.5 Å². The summed E-state index contributed by atoms with van der Waals surface area (Å²) < 4.78 is 19.5. The summed E-state index contributed by atoms with van der Waals surface area (Å²) in [4.78, 5) is 40.3. The number of hydrogen-bond acceptors (Lipinski definition) is 10. The molecule has 0 saturated carbocycles. The largest absolute Gasteiger partial charge is 0.496 e. The Balaban J connectivity index is 1.64. The lowest BCUT2D eigenvalue weighted by atomic mass is 9.95. The lowest BCUT2D eigenvalue weighted by Crippen LogP contribution is -2.40. The molecular weight excluding hydrogens is 592 g/mol. The fourth-order valence-electron chi connectivity index (χ4n) is 4.04. The van der Waals surface area contributed by atoms with Crippen molar-refractivity contribution in [2.24, 2.45) is 4.99 Å². The third-order valence-corrected chi connectivity index (χ3v) is 8.34. The molecule has 4 heterocycles. The zero-order valence-corrected chi connectivity index (χ0v) is 23.7. The highest BCUT2D eigenvalue weighted by Crippen LogP contribution is 2.36. The highest BCUT2D eigenvalue weighted by Gasteiger charge is 2.35. The molecule has 5 rings (SSSR count). The number of methoxy groups -OCH3 is 1. The third-order valence-electron chi connectivity index (χ3n) is 5.62. The van der Waals surface area contributed by atoms with Crippen molar-refractivity contribution < 1.29 is 18.7 Å². The van der Waals surface area contributed by atoms with Gasteiger partial charge in [-0.15, -0.1) is 0 Å². The Morgan fingerprint density at radius 2 is 2.03 bits per heavy atom. The fourth-order valence-corrected chi connectivity index (χ4v) is 6.30. The van der Waals surface area contributed by atoms with Gasteiger partial charge in [0.25, 0.3) is 5.56 Å². The minimum atomic E-state index is -0.770. The Hall–Kier alpha value is -3.48. The summed E-state index contributed by atoms with van der Waals surface area (Å²) in [5, 5.41) is 1.09. The summed E-state index contributed by atoms with van der Waals surface area (Å²) in [6.45, 7) is 3.67. The molecule has 1 aliphatic heterocycles. The van der Waals surface area contributed by atoms with Crippen LogP contribution in [0.5, 0.6) is 5.75 Å². The number of rotatable bonds is 7. The molecule has 0 amide bonds. The summed E-state index contributed by atoms with van der Waals surface area (Å²) in [7, 11) is 1.55. The summed E-state index contributed by atoms with van der Waals surface area (Å²) >= 11 is 5.98. The van der Waals surface area contributed by atoms with Gasteiger partial charge in [0.1, 0.15) is 17.6 Å². The maximum atomic E-state index is 13.8. The Labute approximate surface area is 233 Å². The molecule has 0 fully saturated rings. The third kappa shape index (κ3) is 4.98. The van der Waals surface area contributed by atoms with Crippen LogP contribution in [0.2, 0.25) is 0 Å². The van der Waals surface area contributed by atoms with Crippen LogP contribution in [0.1, 0.15) is 31.2 Å². The van der Waals surface area contributed by atoms with Crippen molar-refractivity contribution in [3.8, 4) is 5.75 Å². The predicted molar refractivity (Wildman–Crippen MR) is 146 cm³/mol. The van der Waals surface area contributed by atoms with E-state index in [2.05, 4.69) is 30.9 Å². The van der Waals surface area contributed by atoms with Gasteiger partial charge in [0.2, 0.25) is 0 Å². The van der Waals surface area contributed by atoms with Crippen LogP contribution in [0.3, 0.4) is 0 Å². The number of esters is 1. The van der Waals surface area contributed by atoms with Crippen LogP contribution in [0.15, 0.2) is 89.0 Å². The average molecular weight is 614 g/mol. The number of hydrogen-bond donors (Lipinski definition) is 0. The minimum Gasteiger partial charge on any atom is -0.496 e. The Bertz CT molecular complexity index is 1730. The maximum Gasteiger partial charge on any atom is 0.338 e. The van der Waals surface area contributed by atoms with Gasteiger partial charge < -0.3 is 13.9 Å². The van der Waals surface area contributed by atoms with Crippen LogP contribution in [0.4, 0.5) is 0 Å². The zero-order chi connectivity index (χ0) is 26.8. The average Bonchev–Trinajstić information content (AvgIpc) is 3.41. The number of benzene rings is 1. The first-order valence-corrected chi connectivity index (χ1v) is 13.9. The molecule has 38 heavy (non-hydrogen) atoms. The summed E-state index contributed by atoms with van der Waals surface area (Å²) in [5.74, 6) is 0.484. The minimum absolute atomic E-state index is 0.195. The van der Waals surface area contributed by atoms with Gasteiger partial charge in [0, 0.05) is 24.0 Å². The van der Waals surface area contributed by atoms with Crippen molar-refractivity contribution in [2.75, 3.05) is 13.7 Å². The van der Waals surface area contributed by atoms with Crippen molar-refractivity contribution in [3.05, 3.63) is 95.5 Å². The van der Waals surface area contributed by atoms with Gasteiger partial charge in [-0.25, -0.2) is 19.8 Å². The van der Waals surface area contributed by atoms with Crippen LogP contribution in [0.25, 0.3) is 6.08 Å². The first kappa shape index (κ1) is 26.1. The lowest BCUT2D eigenvalue weighted by Gasteiger charge is -2.25.